The first-order valence-electron chi connectivity index (χ1n) is 10.0. The van der Waals surface area contributed by atoms with Gasteiger partial charge < -0.3 is 20.7 Å². The fraction of sp³-hybridized carbons (Fsp3) is 0.591. The van der Waals surface area contributed by atoms with Crippen molar-refractivity contribution in [3.63, 3.8) is 0 Å². The third-order valence-electron chi connectivity index (χ3n) is 5.88. The van der Waals surface area contributed by atoms with Gasteiger partial charge in [0.1, 0.15) is 5.75 Å². The third-order valence-corrected chi connectivity index (χ3v) is 6.21. The molecule has 1 aromatic rings. The zero-order valence-corrected chi connectivity index (χ0v) is 19.1. The van der Waals surface area contributed by atoms with Crippen LogP contribution in [-0.4, -0.2) is 42.1 Å². The molecule has 1 amide bonds. The lowest BCUT2D eigenvalue weighted by Gasteiger charge is -2.40. The van der Waals surface area contributed by atoms with Crippen LogP contribution in [0.2, 0.25) is 5.02 Å². The van der Waals surface area contributed by atoms with Gasteiger partial charge in [-0.25, -0.2) is 0 Å². The van der Waals surface area contributed by atoms with Crippen LogP contribution in [0.25, 0.3) is 0 Å². The summed E-state index contributed by atoms with van der Waals surface area (Å²) in [5.74, 6) is 6.99. The molecule has 7 heteroatoms. The number of fused-ring (bicyclic) bond motifs is 2. The molecule has 2 unspecified atom stereocenters. The van der Waals surface area contributed by atoms with Crippen LogP contribution in [-0.2, 0) is 0 Å². The quantitative estimate of drug-likeness (QED) is 0.537. The number of ether oxygens (including phenoxy) is 1. The smallest absolute Gasteiger partial charge is 0.255 e. The molecule has 2 aliphatic rings. The Labute approximate surface area is 185 Å². The SMILES string of the molecule is CC#C[C@H](C)Oc1cc(N)c(Cl)cc1C(=O)NC1C2CCC1CN(C(C)C)C2.Cl. The summed E-state index contributed by atoms with van der Waals surface area (Å²) in [5, 5.41) is 3.62. The number of rotatable bonds is 5. The lowest BCUT2D eigenvalue weighted by atomic mass is 9.91. The molecule has 3 atom stereocenters. The molecule has 3 rings (SSSR count). The van der Waals surface area contributed by atoms with Crippen molar-refractivity contribution in [3.8, 4) is 17.6 Å². The van der Waals surface area contributed by atoms with Crippen LogP contribution in [0.1, 0.15) is 50.9 Å². The average molecular weight is 440 g/mol. The van der Waals surface area contributed by atoms with Crippen LogP contribution in [0.5, 0.6) is 5.75 Å². The number of anilines is 1. The van der Waals surface area contributed by atoms with Gasteiger partial charge in [-0.2, -0.15) is 0 Å². The van der Waals surface area contributed by atoms with Crippen molar-refractivity contribution in [1.82, 2.24) is 10.2 Å². The Balaban J connectivity index is 0.00000300. The largest absolute Gasteiger partial charge is 0.477 e. The van der Waals surface area contributed by atoms with Crippen LogP contribution < -0.4 is 15.8 Å². The maximum absolute atomic E-state index is 13.1. The molecule has 0 spiro atoms. The monoisotopic (exact) mass is 439 g/mol. The van der Waals surface area contributed by atoms with Crippen molar-refractivity contribution in [2.75, 3.05) is 18.8 Å². The molecule has 29 heavy (non-hydrogen) atoms. The van der Waals surface area contributed by atoms with E-state index in [1.807, 2.05) is 6.92 Å². The van der Waals surface area contributed by atoms with E-state index < -0.39 is 0 Å². The number of hydrogen-bond acceptors (Lipinski definition) is 4. The third kappa shape index (κ3) is 5.31. The molecule has 2 fully saturated rings. The van der Waals surface area contributed by atoms with Gasteiger partial charge in [0.2, 0.25) is 0 Å². The fourth-order valence-electron chi connectivity index (χ4n) is 4.41. The van der Waals surface area contributed by atoms with Crippen LogP contribution in [0.3, 0.4) is 0 Å². The number of benzene rings is 1. The van der Waals surface area contributed by atoms with Gasteiger partial charge in [0, 0.05) is 31.2 Å². The van der Waals surface area contributed by atoms with Crippen molar-refractivity contribution in [1.29, 1.82) is 0 Å². The van der Waals surface area contributed by atoms with Gasteiger partial charge in [-0.1, -0.05) is 17.5 Å². The molecule has 3 N–H and O–H groups in total. The van der Waals surface area contributed by atoms with Gasteiger partial charge in [0.05, 0.1) is 16.3 Å². The first-order valence-corrected chi connectivity index (χ1v) is 10.4. The van der Waals surface area contributed by atoms with E-state index in [0.717, 1.165) is 25.9 Å². The maximum Gasteiger partial charge on any atom is 0.255 e. The summed E-state index contributed by atoms with van der Waals surface area (Å²) >= 11 is 6.20. The Kier molecular flexibility index (Phi) is 8.10. The number of piperidine rings is 1. The number of nitrogens with two attached hydrogens (primary N) is 1. The molecule has 0 radical (unpaired) electrons. The number of amides is 1. The van der Waals surface area contributed by atoms with Crippen molar-refractivity contribution in [2.24, 2.45) is 11.8 Å². The molecule has 1 heterocycles. The Morgan fingerprint density at radius 1 is 1.28 bits per heavy atom. The molecule has 1 saturated heterocycles. The first-order chi connectivity index (χ1) is 13.3. The number of nitrogens with zero attached hydrogens (tertiary/aromatic N) is 1. The topological polar surface area (TPSA) is 67.6 Å². The molecule has 1 aliphatic carbocycles. The summed E-state index contributed by atoms with van der Waals surface area (Å²) in [4.78, 5) is 15.6. The zero-order valence-electron chi connectivity index (χ0n) is 17.5. The fourth-order valence-corrected chi connectivity index (χ4v) is 4.58. The van der Waals surface area contributed by atoms with E-state index in [4.69, 9.17) is 22.1 Å². The Hall–Kier alpha value is -1.61. The maximum atomic E-state index is 13.1. The summed E-state index contributed by atoms with van der Waals surface area (Å²) in [6, 6.07) is 3.94. The van der Waals surface area contributed by atoms with Crippen molar-refractivity contribution in [2.45, 2.75) is 58.7 Å². The van der Waals surface area contributed by atoms with Crippen LogP contribution in [0.15, 0.2) is 12.1 Å². The van der Waals surface area contributed by atoms with Crippen molar-refractivity contribution in [3.05, 3.63) is 22.7 Å². The van der Waals surface area contributed by atoms with Gasteiger partial charge in [0.25, 0.3) is 5.91 Å². The highest BCUT2D eigenvalue weighted by molar-refractivity contribution is 6.33. The van der Waals surface area contributed by atoms with E-state index in [0.29, 0.717) is 39.9 Å². The molecule has 5 nitrogen and oxygen atoms in total. The van der Waals surface area contributed by atoms with E-state index in [-0.39, 0.29) is 30.5 Å². The highest BCUT2D eigenvalue weighted by Gasteiger charge is 2.43. The highest BCUT2D eigenvalue weighted by atomic mass is 35.5. The minimum atomic E-state index is -0.345. The lowest BCUT2D eigenvalue weighted by molar-refractivity contribution is 0.0775. The first kappa shape index (κ1) is 23.7. The number of carbonyl (C=O) groups excluding carboxylic acids is 1. The summed E-state index contributed by atoms with van der Waals surface area (Å²) in [7, 11) is 0. The van der Waals surface area contributed by atoms with Gasteiger partial charge in [0.15, 0.2) is 6.10 Å². The van der Waals surface area contributed by atoms with Crippen LogP contribution >= 0.6 is 24.0 Å². The molecule has 2 bridgehead atoms. The zero-order chi connectivity index (χ0) is 20.4. The van der Waals surface area contributed by atoms with Gasteiger partial charge in [-0.05, 0) is 58.4 Å². The second kappa shape index (κ2) is 9.93. The molecule has 1 saturated carbocycles. The van der Waals surface area contributed by atoms with E-state index >= 15 is 0 Å². The summed E-state index contributed by atoms with van der Waals surface area (Å²) < 4.78 is 5.87. The summed E-state index contributed by atoms with van der Waals surface area (Å²) in [5.41, 5.74) is 6.73. The Morgan fingerprint density at radius 3 is 2.45 bits per heavy atom. The number of carbonyl (C=O) groups is 1. The summed E-state index contributed by atoms with van der Waals surface area (Å²) in [6.07, 6.45) is 1.98. The molecule has 160 valence electrons. The Morgan fingerprint density at radius 2 is 1.90 bits per heavy atom. The molecule has 1 aromatic carbocycles. The molecular formula is C22H31Cl2N3O2. The predicted molar refractivity (Wildman–Crippen MR) is 121 cm³/mol. The van der Waals surface area contributed by atoms with E-state index in [9.17, 15) is 4.79 Å². The molecule has 0 aromatic heterocycles. The number of likely N-dealkylation sites (tertiary alicyclic amines) is 1. The molecular weight excluding hydrogens is 409 g/mol. The molecule has 1 aliphatic heterocycles. The number of nitrogens with one attached hydrogen (secondary N) is 1. The second-order valence-corrected chi connectivity index (χ2v) is 8.58. The average Bonchev–Trinajstić information content (AvgIpc) is 2.86. The number of hydrogen-bond donors (Lipinski definition) is 2. The van der Waals surface area contributed by atoms with Gasteiger partial charge in [-0.3, -0.25) is 4.79 Å². The van der Waals surface area contributed by atoms with Crippen LogP contribution in [0, 0.1) is 23.7 Å². The van der Waals surface area contributed by atoms with E-state index in [2.05, 4.69) is 35.9 Å². The summed E-state index contributed by atoms with van der Waals surface area (Å²) in [6.45, 7) is 10.1. The van der Waals surface area contributed by atoms with Crippen LogP contribution in [0.4, 0.5) is 5.69 Å². The van der Waals surface area contributed by atoms with E-state index in [1.165, 1.54) is 0 Å². The van der Waals surface area contributed by atoms with Crippen molar-refractivity contribution < 1.29 is 9.53 Å². The van der Waals surface area contributed by atoms with Crippen molar-refractivity contribution >= 4 is 35.6 Å². The van der Waals surface area contributed by atoms with E-state index in [1.54, 1.807) is 19.1 Å². The minimum Gasteiger partial charge on any atom is -0.477 e. The van der Waals surface area contributed by atoms with Gasteiger partial charge >= 0.3 is 0 Å². The standard InChI is InChI=1S/C22H30ClN3O2.ClH/c1-5-6-14(4)28-20-10-19(24)18(23)9-17(20)22(27)25-21-15-7-8-16(21)12-26(11-15)13(2)3;/h9-10,13-16,21H,7-8,11-12,24H2,1-4H3,(H,25,27);1H/t14-,15?,16?,21?;/m0./s1. The highest BCUT2D eigenvalue weighted by Crippen LogP contribution is 2.38. The normalized spacial score (nSPS) is 24.3. The second-order valence-electron chi connectivity index (χ2n) is 8.17. The van der Waals surface area contributed by atoms with Gasteiger partial charge in [-0.15, -0.1) is 18.3 Å². The number of nitrogen functional groups attached to an aromatic ring is 1. The minimum absolute atomic E-state index is 0. The number of halogens is 2. The predicted octanol–water partition coefficient (Wildman–Crippen LogP) is 3.98. The lowest BCUT2D eigenvalue weighted by Crippen LogP contribution is -2.54. The Bertz CT molecular complexity index is 789.